The number of esters is 1. The number of likely N-dealkylation sites (N-methyl/N-ethyl adjacent to an activating group) is 1. The van der Waals surface area contributed by atoms with Crippen LogP contribution in [0.1, 0.15) is 116 Å². The lowest BCUT2D eigenvalue weighted by Crippen LogP contribution is -2.37. The Morgan fingerprint density at radius 1 is 0.750 bits per heavy atom. The maximum absolute atomic E-state index is 11.8. The molecular formula is C27H57NO7P+. The van der Waals surface area contributed by atoms with Crippen LogP contribution in [-0.4, -0.2) is 74.1 Å². The summed E-state index contributed by atoms with van der Waals surface area (Å²) in [5, 5.41) is 9.84. The SMILES string of the molecule is CCCCCCCCCCCCCCCCCCC(=O)OCC(O)COP(=O)(O)OCC[N+](C)(C)C. The molecule has 0 heterocycles. The van der Waals surface area contributed by atoms with Crippen molar-refractivity contribution in [3.05, 3.63) is 0 Å². The van der Waals surface area contributed by atoms with E-state index in [0.29, 0.717) is 17.4 Å². The number of quaternary nitrogens is 1. The molecule has 8 nitrogen and oxygen atoms in total. The van der Waals surface area contributed by atoms with Crippen LogP contribution in [0.5, 0.6) is 0 Å². The van der Waals surface area contributed by atoms with Crippen molar-refractivity contribution in [3.63, 3.8) is 0 Å². The van der Waals surface area contributed by atoms with Crippen LogP contribution in [0.3, 0.4) is 0 Å². The number of carbonyl (C=O) groups is 1. The molecule has 0 rings (SSSR count). The van der Waals surface area contributed by atoms with Gasteiger partial charge in [-0.3, -0.25) is 13.8 Å². The van der Waals surface area contributed by atoms with Crippen LogP contribution in [0.2, 0.25) is 0 Å². The van der Waals surface area contributed by atoms with Gasteiger partial charge in [0, 0.05) is 6.42 Å². The molecule has 0 bridgehead atoms. The molecule has 0 aliphatic carbocycles. The molecule has 0 saturated heterocycles. The van der Waals surface area contributed by atoms with Gasteiger partial charge in [0.15, 0.2) is 0 Å². The monoisotopic (exact) mass is 538 g/mol. The number of hydrogen-bond acceptors (Lipinski definition) is 6. The molecule has 9 heteroatoms. The van der Waals surface area contributed by atoms with Crippen molar-refractivity contribution in [1.29, 1.82) is 0 Å². The van der Waals surface area contributed by atoms with E-state index >= 15 is 0 Å². The van der Waals surface area contributed by atoms with E-state index in [4.69, 9.17) is 13.8 Å². The molecule has 2 atom stereocenters. The highest BCUT2D eigenvalue weighted by atomic mass is 31.2. The third kappa shape index (κ3) is 26.6. The molecule has 36 heavy (non-hydrogen) atoms. The third-order valence-electron chi connectivity index (χ3n) is 6.12. The summed E-state index contributed by atoms with van der Waals surface area (Å²) < 4.78 is 27.1. The van der Waals surface area contributed by atoms with Gasteiger partial charge in [-0.25, -0.2) is 4.57 Å². The molecule has 0 spiro atoms. The first-order chi connectivity index (χ1) is 17.1. The second kappa shape index (κ2) is 22.5. The van der Waals surface area contributed by atoms with E-state index in [1.54, 1.807) is 0 Å². The highest BCUT2D eigenvalue weighted by molar-refractivity contribution is 7.47. The summed E-state index contributed by atoms with van der Waals surface area (Å²) >= 11 is 0. The van der Waals surface area contributed by atoms with Gasteiger partial charge < -0.3 is 19.2 Å². The summed E-state index contributed by atoms with van der Waals surface area (Å²) in [6.07, 6.45) is 19.6. The summed E-state index contributed by atoms with van der Waals surface area (Å²) in [6, 6.07) is 0. The lowest BCUT2D eigenvalue weighted by molar-refractivity contribution is -0.870. The van der Waals surface area contributed by atoms with Gasteiger partial charge in [0.1, 0.15) is 25.9 Å². The fourth-order valence-corrected chi connectivity index (χ4v) is 4.52. The minimum absolute atomic E-state index is 0.0572. The topological polar surface area (TPSA) is 102 Å². The number of phosphoric ester groups is 1. The van der Waals surface area contributed by atoms with Gasteiger partial charge in [-0.2, -0.15) is 0 Å². The fraction of sp³-hybridized carbons (Fsp3) is 0.963. The number of nitrogens with zero attached hydrogens (tertiary/aromatic N) is 1. The first-order valence-corrected chi connectivity index (χ1v) is 15.8. The number of aliphatic hydroxyl groups excluding tert-OH is 1. The number of unbranched alkanes of at least 4 members (excludes halogenated alkanes) is 15. The number of aliphatic hydroxyl groups is 1. The minimum Gasteiger partial charge on any atom is -0.463 e. The largest absolute Gasteiger partial charge is 0.472 e. The molecule has 0 aliphatic rings. The van der Waals surface area contributed by atoms with Crippen LogP contribution in [-0.2, 0) is 23.1 Å². The van der Waals surface area contributed by atoms with E-state index in [1.807, 2.05) is 21.1 Å². The zero-order chi connectivity index (χ0) is 27.1. The van der Waals surface area contributed by atoms with Crippen molar-refractivity contribution in [3.8, 4) is 0 Å². The summed E-state index contributed by atoms with van der Waals surface area (Å²) in [5.74, 6) is -0.370. The van der Waals surface area contributed by atoms with Crippen molar-refractivity contribution >= 4 is 13.8 Å². The van der Waals surface area contributed by atoms with Crippen LogP contribution >= 0.6 is 7.82 Å². The van der Waals surface area contributed by atoms with E-state index in [0.717, 1.165) is 19.3 Å². The smallest absolute Gasteiger partial charge is 0.463 e. The van der Waals surface area contributed by atoms with Crippen molar-refractivity contribution in [1.82, 2.24) is 0 Å². The maximum atomic E-state index is 11.8. The summed E-state index contributed by atoms with van der Waals surface area (Å²) in [6.45, 7) is 2.15. The summed E-state index contributed by atoms with van der Waals surface area (Å²) in [7, 11) is 1.57. The summed E-state index contributed by atoms with van der Waals surface area (Å²) in [4.78, 5) is 21.5. The van der Waals surface area contributed by atoms with Gasteiger partial charge in [0.05, 0.1) is 27.7 Å². The molecule has 0 aromatic carbocycles. The van der Waals surface area contributed by atoms with Crippen LogP contribution in [0.15, 0.2) is 0 Å². The third-order valence-corrected chi connectivity index (χ3v) is 7.10. The molecule has 2 unspecified atom stereocenters. The van der Waals surface area contributed by atoms with E-state index in [2.05, 4.69) is 6.92 Å². The van der Waals surface area contributed by atoms with Gasteiger partial charge in [-0.05, 0) is 6.42 Å². The van der Waals surface area contributed by atoms with Crippen molar-refractivity contribution in [2.45, 2.75) is 122 Å². The predicted octanol–water partition coefficient (Wildman–Crippen LogP) is 6.38. The Kier molecular flexibility index (Phi) is 22.2. The second-order valence-electron chi connectivity index (χ2n) is 11.0. The predicted molar refractivity (Wildman–Crippen MR) is 146 cm³/mol. The first-order valence-electron chi connectivity index (χ1n) is 14.3. The zero-order valence-electron chi connectivity index (χ0n) is 23.8. The van der Waals surface area contributed by atoms with Gasteiger partial charge in [-0.1, -0.05) is 103 Å². The van der Waals surface area contributed by atoms with Crippen LogP contribution in [0.25, 0.3) is 0 Å². The van der Waals surface area contributed by atoms with Crippen molar-refractivity contribution < 1.29 is 37.6 Å². The fourth-order valence-electron chi connectivity index (χ4n) is 3.77. The van der Waals surface area contributed by atoms with Crippen molar-refractivity contribution in [2.24, 2.45) is 0 Å². The van der Waals surface area contributed by atoms with E-state index in [9.17, 15) is 19.4 Å². The second-order valence-corrected chi connectivity index (χ2v) is 12.5. The Balaban J connectivity index is 3.50. The molecule has 0 radical (unpaired) electrons. The molecule has 0 saturated carbocycles. The first kappa shape index (κ1) is 35.5. The molecular weight excluding hydrogens is 481 g/mol. The van der Waals surface area contributed by atoms with Gasteiger partial charge in [0.2, 0.25) is 0 Å². The molecule has 0 fully saturated rings. The van der Waals surface area contributed by atoms with E-state index in [1.165, 1.54) is 83.5 Å². The number of carbonyl (C=O) groups excluding carboxylic acids is 1. The Hall–Kier alpha value is -0.500. The highest BCUT2D eigenvalue weighted by Gasteiger charge is 2.24. The average Bonchev–Trinajstić information content (AvgIpc) is 2.80. The number of hydrogen-bond donors (Lipinski definition) is 2. The van der Waals surface area contributed by atoms with Gasteiger partial charge >= 0.3 is 13.8 Å². The Morgan fingerprint density at radius 3 is 1.64 bits per heavy atom. The Labute approximate surface area is 221 Å². The van der Waals surface area contributed by atoms with Crippen LogP contribution in [0.4, 0.5) is 0 Å². The standard InChI is InChI=1S/C27H56NO7P/c1-5-6-7-8-9-10-11-12-13-14-15-16-17-18-19-20-21-27(30)33-24-26(29)25-35-36(31,32)34-23-22-28(2,3)4/h26,29H,5-25H2,1-4H3/p+1. The van der Waals surface area contributed by atoms with Gasteiger partial charge in [-0.15, -0.1) is 0 Å². The number of ether oxygens (including phenoxy) is 1. The molecule has 0 aromatic heterocycles. The van der Waals surface area contributed by atoms with E-state index < -0.39 is 20.5 Å². The number of phosphoric acid groups is 1. The maximum Gasteiger partial charge on any atom is 0.472 e. The molecule has 0 aromatic rings. The Morgan fingerprint density at radius 2 is 1.19 bits per heavy atom. The van der Waals surface area contributed by atoms with Gasteiger partial charge in [0.25, 0.3) is 0 Å². The highest BCUT2D eigenvalue weighted by Crippen LogP contribution is 2.43. The Bertz CT molecular complexity index is 569. The molecule has 216 valence electrons. The van der Waals surface area contributed by atoms with Crippen LogP contribution in [0, 0.1) is 0 Å². The normalized spacial score (nSPS) is 14.5. The van der Waals surface area contributed by atoms with Crippen LogP contribution < -0.4 is 0 Å². The summed E-state index contributed by atoms with van der Waals surface area (Å²) in [5.41, 5.74) is 0. The molecule has 2 N–H and O–H groups in total. The molecule has 0 aliphatic heterocycles. The average molecular weight is 539 g/mol. The lowest BCUT2D eigenvalue weighted by atomic mass is 10.0. The zero-order valence-corrected chi connectivity index (χ0v) is 24.7. The number of rotatable bonds is 26. The quantitative estimate of drug-likeness (QED) is 0.0570. The lowest BCUT2D eigenvalue weighted by Gasteiger charge is -2.24. The minimum atomic E-state index is -4.24. The van der Waals surface area contributed by atoms with E-state index in [-0.39, 0.29) is 19.2 Å². The van der Waals surface area contributed by atoms with Crippen molar-refractivity contribution in [2.75, 3.05) is 47.5 Å². The molecule has 0 amide bonds.